The van der Waals surface area contributed by atoms with Gasteiger partial charge in [0, 0.05) is 0 Å². The van der Waals surface area contributed by atoms with E-state index in [0.29, 0.717) is 11.7 Å². The highest BCUT2D eigenvalue weighted by molar-refractivity contribution is 5.42. The van der Waals surface area contributed by atoms with Gasteiger partial charge < -0.3 is 5.11 Å². The minimum absolute atomic E-state index is 0.448. The number of aromatic hydroxyl groups is 1. The Bertz CT molecular complexity index is 491. The van der Waals surface area contributed by atoms with Gasteiger partial charge in [-0.15, -0.1) is 0 Å². The lowest BCUT2D eigenvalue weighted by Gasteiger charge is -2.16. The lowest BCUT2D eigenvalue weighted by Crippen LogP contribution is -1.98. The molecule has 0 spiro atoms. The van der Waals surface area contributed by atoms with Crippen molar-refractivity contribution in [3.8, 4) is 5.75 Å². The molecule has 0 aliphatic heterocycles. The number of hydrogen-bond acceptors (Lipinski definition) is 1. The van der Waals surface area contributed by atoms with Crippen LogP contribution in [0.4, 0.5) is 0 Å². The molecule has 1 heteroatoms. The van der Waals surface area contributed by atoms with Crippen molar-refractivity contribution in [2.75, 3.05) is 0 Å². The first-order chi connectivity index (χ1) is 13.1. The van der Waals surface area contributed by atoms with E-state index in [1.54, 1.807) is 0 Å². The predicted molar refractivity (Wildman–Crippen MR) is 121 cm³/mol. The molecule has 1 N–H and O–H groups in total. The summed E-state index contributed by atoms with van der Waals surface area (Å²) in [7, 11) is 0. The molecular formula is C26H46O. The van der Waals surface area contributed by atoms with E-state index in [1.807, 2.05) is 13.0 Å². The SMILES string of the molecule is CCCCCCCCCCCCCCCCC(C)c1cc(O)c(C)cc1C. The molecule has 27 heavy (non-hydrogen) atoms. The van der Waals surface area contributed by atoms with Gasteiger partial charge in [0.25, 0.3) is 0 Å². The molecule has 1 nitrogen and oxygen atoms in total. The number of rotatable bonds is 16. The van der Waals surface area contributed by atoms with Crippen molar-refractivity contribution in [2.24, 2.45) is 0 Å². The highest BCUT2D eigenvalue weighted by atomic mass is 16.3. The fourth-order valence-corrected chi connectivity index (χ4v) is 4.19. The average molecular weight is 375 g/mol. The first-order valence-electron chi connectivity index (χ1n) is 11.9. The second kappa shape index (κ2) is 15.0. The molecule has 0 aromatic heterocycles. The smallest absolute Gasteiger partial charge is 0.118 e. The maximum absolute atomic E-state index is 9.97. The maximum Gasteiger partial charge on any atom is 0.118 e. The topological polar surface area (TPSA) is 20.2 Å². The molecule has 0 aliphatic rings. The Balaban J connectivity index is 1.96. The van der Waals surface area contributed by atoms with Crippen LogP contribution in [0.3, 0.4) is 0 Å². The molecule has 156 valence electrons. The van der Waals surface area contributed by atoms with Gasteiger partial charge in [-0.1, -0.05) is 110 Å². The zero-order chi connectivity index (χ0) is 19.9. The van der Waals surface area contributed by atoms with Gasteiger partial charge in [0.2, 0.25) is 0 Å². The van der Waals surface area contributed by atoms with Gasteiger partial charge in [-0.3, -0.25) is 0 Å². The summed E-state index contributed by atoms with van der Waals surface area (Å²) in [6.07, 6.45) is 21.1. The van der Waals surface area contributed by atoms with E-state index in [2.05, 4.69) is 26.8 Å². The largest absolute Gasteiger partial charge is 0.508 e. The van der Waals surface area contributed by atoms with Crippen molar-refractivity contribution in [3.63, 3.8) is 0 Å². The van der Waals surface area contributed by atoms with E-state index >= 15 is 0 Å². The number of hydrogen-bond donors (Lipinski definition) is 1. The quantitative estimate of drug-likeness (QED) is 0.286. The first-order valence-corrected chi connectivity index (χ1v) is 11.9. The van der Waals surface area contributed by atoms with E-state index < -0.39 is 0 Å². The van der Waals surface area contributed by atoms with E-state index in [-0.39, 0.29) is 0 Å². The minimum Gasteiger partial charge on any atom is -0.508 e. The molecule has 0 radical (unpaired) electrons. The van der Waals surface area contributed by atoms with Gasteiger partial charge in [-0.25, -0.2) is 0 Å². The van der Waals surface area contributed by atoms with Crippen molar-refractivity contribution in [3.05, 3.63) is 28.8 Å². The second-order valence-electron chi connectivity index (χ2n) is 8.78. The zero-order valence-corrected chi connectivity index (χ0v) is 18.8. The Labute approximate surface area is 170 Å². The summed E-state index contributed by atoms with van der Waals surface area (Å²) < 4.78 is 0. The molecule has 0 saturated heterocycles. The summed E-state index contributed by atoms with van der Waals surface area (Å²) in [6, 6.07) is 4.10. The fraction of sp³-hybridized carbons (Fsp3) is 0.769. The molecule has 1 aromatic rings. The molecule has 0 aliphatic carbocycles. The summed E-state index contributed by atoms with van der Waals surface area (Å²) in [5, 5.41) is 9.97. The Morgan fingerprint density at radius 1 is 0.667 bits per heavy atom. The summed E-state index contributed by atoms with van der Waals surface area (Å²) in [5.74, 6) is 0.997. The standard InChI is InChI=1S/C26H46O/c1-5-6-7-8-9-10-11-12-13-14-15-16-17-18-19-22(2)25-21-26(27)24(4)20-23(25)3/h20-22,27H,5-19H2,1-4H3. The Morgan fingerprint density at radius 3 is 1.59 bits per heavy atom. The van der Waals surface area contributed by atoms with Gasteiger partial charge in [0.05, 0.1) is 0 Å². The van der Waals surface area contributed by atoms with Crippen LogP contribution in [0, 0.1) is 13.8 Å². The van der Waals surface area contributed by atoms with Crippen LogP contribution >= 0.6 is 0 Å². The number of aryl methyl sites for hydroxylation is 2. The summed E-state index contributed by atoms with van der Waals surface area (Å²) >= 11 is 0. The van der Waals surface area contributed by atoms with Crippen LogP contribution in [0.1, 0.15) is 133 Å². The average Bonchev–Trinajstić information content (AvgIpc) is 2.64. The van der Waals surface area contributed by atoms with Crippen LogP contribution in [-0.2, 0) is 0 Å². The van der Waals surface area contributed by atoms with Crippen molar-refractivity contribution in [1.82, 2.24) is 0 Å². The van der Waals surface area contributed by atoms with Crippen molar-refractivity contribution in [1.29, 1.82) is 0 Å². The molecular weight excluding hydrogens is 328 g/mol. The maximum atomic E-state index is 9.97. The summed E-state index contributed by atoms with van der Waals surface area (Å²) in [5.41, 5.74) is 3.64. The zero-order valence-electron chi connectivity index (χ0n) is 18.8. The lowest BCUT2D eigenvalue weighted by atomic mass is 9.90. The Kier molecular flexibility index (Phi) is 13.4. The second-order valence-corrected chi connectivity index (χ2v) is 8.78. The minimum atomic E-state index is 0.448. The van der Waals surface area contributed by atoms with Crippen molar-refractivity contribution < 1.29 is 5.11 Å². The molecule has 1 rings (SSSR count). The lowest BCUT2D eigenvalue weighted by molar-refractivity contribution is 0.468. The van der Waals surface area contributed by atoms with Gasteiger partial charge in [-0.05, 0) is 48.9 Å². The molecule has 1 unspecified atom stereocenters. The van der Waals surface area contributed by atoms with E-state index in [0.717, 1.165) is 5.56 Å². The first kappa shape index (κ1) is 24.1. The Hall–Kier alpha value is -0.980. The normalized spacial score (nSPS) is 12.4. The molecule has 1 aromatic carbocycles. The predicted octanol–water partition coefficient (Wildman–Crippen LogP) is 8.98. The third-order valence-electron chi connectivity index (χ3n) is 6.11. The third kappa shape index (κ3) is 10.8. The molecule has 0 heterocycles. The fourth-order valence-electron chi connectivity index (χ4n) is 4.19. The highest BCUT2D eigenvalue weighted by Gasteiger charge is 2.10. The van der Waals surface area contributed by atoms with E-state index in [9.17, 15) is 5.11 Å². The van der Waals surface area contributed by atoms with E-state index in [1.165, 1.54) is 107 Å². The van der Waals surface area contributed by atoms with E-state index in [4.69, 9.17) is 0 Å². The van der Waals surface area contributed by atoms with Crippen molar-refractivity contribution in [2.45, 2.75) is 130 Å². The molecule has 0 amide bonds. The van der Waals surface area contributed by atoms with Gasteiger partial charge >= 0.3 is 0 Å². The van der Waals surface area contributed by atoms with Crippen LogP contribution in [-0.4, -0.2) is 5.11 Å². The molecule has 1 atom stereocenters. The Morgan fingerprint density at radius 2 is 1.11 bits per heavy atom. The van der Waals surface area contributed by atoms with Crippen molar-refractivity contribution >= 4 is 0 Å². The summed E-state index contributed by atoms with van der Waals surface area (Å²) in [6.45, 7) is 8.74. The highest BCUT2D eigenvalue weighted by Crippen LogP contribution is 2.30. The van der Waals surface area contributed by atoms with Crippen LogP contribution in [0.25, 0.3) is 0 Å². The number of phenolic OH excluding ortho intramolecular Hbond substituents is 1. The third-order valence-corrected chi connectivity index (χ3v) is 6.11. The van der Waals surface area contributed by atoms with Crippen LogP contribution in [0.2, 0.25) is 0 Å². The van der Waals surface area contributed by atoms with Crippen LogP contribution in [0.5, 0.6) is 5.75 Å². The number of benzene rings is 1. The van der Waals surface area contributed by atoms with Gasteiger partial charge in [0.15, 0.2) is 0 Å². The number of phenols is 1. The van der Waals surface area contributed by atoms with Gasteiger partial charge in [-0.2, -0.15) is 0 Å². The monoisotopic (exact) mass is 374 g/mol. The van der Waals surface area contributed by atoms with Crippen LogP contribution in [0.15, 0.2) is 12.1 Å². The summed E-state index contributed by atoms with van der Waals surface area (Å²) in [4.78, 5) is 0. The number of unbranched alkanes of at least 4 members (excludes halogenated alkanes) is 13. The van der Waals surface area contributed by atoms with Gasteiger partial charge in [0.1, 0.15) is 5.75 Å². The molecule has 0 bridgehead atoms. The molecule has 0 saturated carbocycles. The molecule has 0 fully saturated rings. The van der Waals surface area contributed by atoms with Crippen LogP contribution < -0.4 is 0 Å².